The fourth-order valence-corrected chi connectivity index (χ4v) is 5.47. The Morgan fingerprint density at radius 3 is 2.00 bits per heavy atom. The van der Waals surface area contributed by atoms with Gasteiger partial charge in [0.25, 0.3) is 0 Å². The summed E-state index contributed by atoms with van der Waals surface area (Å²) in [5.74, 6) is 0.659. The molecule has 4 rings (SSSR count). The number of amides is 2. The Labute approximate surface area is 173 Å². The molecule has 2 saturated heterocycles. The Kier molecular flexibility index (Phi) is 5.12. The van der Waals surface area contributed by atoms with Crippen molar-refractivity contribution < 1.29 is 9.59 Å². The predicted octanol–water partition coefficient (Wildman–Crippen LogP) is 4.66. The third-order valence-corrected chi connectivity index (χ3v) is 7.41. The number of nitrogens with zero attached hydrogens (tertiary/aromatic N) is 2. The summed E-state index contributed by atoms with van der Waals surface area (Å²) in [5.41, 5.74) is 2.05. The van der Waals surface area contributed by atoms with Crippen LogP contribution in [0.2, 0.25) is 0 Å². The summed E-state index contributed by atoms with van der Waals surface area (Å²) in [6.07, 6.45) is 0. The van der Waals surface area contributed by atoms with Crippen LogP contribution in [0.25, 0.3) is 0 Å². The number of rotatable bonds is 4. The molecule has 134 valence electrons. The zero-order valence-corrected chi connectivity index (χ0v) is 17.8. The Balaban J connectivity index is 1.63. The van der Waals surface area contributed by atoms with Gasteiger partial charge in [0.05, 0.1) is 6.04 Å². The lowest BCUT2D eigenvalue weighted by Crippen LogP contribution is -2.38. The molecule has 2 aromatic carbocycles. The molecule has 0 bridgehead atoms. The van der Waals surface area contributed by atoms with Gasteiger partial charge in [-0.15, -0.1) is 0 Å². The lowest BCUT2D eigenvalue weighted by molar-refractivity contribution is -0.114. The van der Waals surface area contributed by atoms with Gasteiger partial charge in [0.1, 0.15) is 6.04 Å². The van der Waals surface area contributed by atoms with E-state index in [1.165, 1.54) is 11.8 Å². The molecule has 2 fully saturated rings. The second-order valence-electron chi connectivity index (χ2n) is 6.36. The molecule has 0 N–H and O–H groups in total. The smallest absolute Gasteiger partial charge is 0.314 e. The van der Waals surface area contributed by atoms with Gasteiger partial charge in [-0.05, 0) is 23.3 Å². The molecule has 4 nitrogen and oxygen atoms in total. The van der Waals surface area contributed by atoms with Crippen molar-refractivity contribution in [3.05, 3.63) is 68.6 Å². The molecule has 2 aromatic rings. The van der Waals surface area contributed by atoms with E-state index < -0.39 is 0 Å². The second-order valence-corrected chi connectivity index (χ2v) is 9.10. The normalized spacial score (nSPS) is 22.2. The average molecular weight is 496 g/mol. The molecule has 2 heterocycles. The molecule has 26 heavy (non-hydrogen) atoms. The van der Waals surface area contributed by atoms with Crippen LogP contribution >= 0.6 is 43.6 Å². The number of urea groups is 1. The summed E-state index contributed by atoms with van der Waals surface area (Å²) in [5, 5.41) is 0.0880. The van der Waals surface area contributed by atoms with Gasteiger partial charge in [0.15, 0.2) is 0 Å². The zero-order valence-electron chi connectivity index (χ0n) is 13.8. The minimum atomic E-state index is -0.373. The van der Waals surface area contributed by atoms with Crippen molar-refractivity contribution in [2.75, 3.05) is 5.75 Å². The highest BCUT2D eigenvalue weighted by Crippen LogP contribution is 2.38. The summed E-state index contributed by atoms with van der Waals surface area (Å²) >= 11 is 8.43. The van der Waals surface area contributed by atoms with Gasteiger partial charge in [-0.1, -0.05) is 80.0 Å². The van der Waals surface area contributed by atoms with Gasteiger partial charge in [-0.3, -0.25) is 4.79 Å². The molecule has 0 aromatic heterocycles. The first-order valence-corrected chi connectivity index (χ1v) is 10.8. The first kappa shape index (κ1) is 18.1. The number of fused-ring (bicyclic) bond motifs is 1. The van der Waals surface area contributed by atoms with E-state index in [-0.39, 0.29) is 23.2 Å². The van der Waals surface area contributed by atoms with Crippen LogP contribution in [-0.4, -0.2) is 38.8 Å². The van der Waals surface area contributed by atoms with E-state index in [2.05, 4.69) is 31.9 Å². The number of hydrogen-bond donors (Lipinski definition) is 0. The number of carbonyl (C=O) groups is 2. The topological polar surface area (TPSA) is 40.6 Å². The van der Waals surface area contributed by atoms with Crippen LogP contribution < -0.4 is 0 Å². The largest absolute Gasteiger partial charge is 0.321 e. The fraction of sp³-hybridized carbons (Fsp3) is 0.263. The molecule has 2 aliphatic heterocycles. The second kappa shape index (κ2) is 7.37. The van der Waals surface area contributed by atoms with Crippen LogP contribution in [0.1, 0.15) is 11.1 Å². The third kappa shape index (κ3) is 3.21. The number of thioether (sulfide) groups is 1. The van der Waals surface area contributed by atoms with Crippen LogP contribution in [-0.2, 0) is 17.9 Å². The molecule has 7 heteroatoms. The number of halogens is 2. The molecule has 2 aliphatic rings. The Hall–Kier alpha value is -1.31. The number of carbonyl (C=O) groups excluding carboxylic acids is 2. The Bertz CT molecular complexity index is 876. The van der Waals surface area contributed by atoms with Gasteiger partial charge in [-0.2, -0.15) is 0 Å². The highest BCUT2D eigenvalue weighted by molar-refractivity contribution is 9.10. The van der Waals surface area contributed by atoms with Crippen molar-refractivity contribution in [2.24, 2.45) is 0 Å². The van der Waals surface area contributed by atoms with Crippen LogP contribution in [0.4, 0.5) is 4.79 Å². The van der Waals surface area contributed by atoms with Gasteiger partial charge in [-0.25, -0.2) is 4.79 Å². The summed E-state index contributed by atoms with van der Waals surface area (Å²) < 4.78 is 1.93. The summed E-state index contributed by atoms with van der Waals surface area (Å²) in [4.78, 5) is 29.2. The van der Waals surface area contributed by atoms with E-state index in [1.807, 2.05) is 53.4 Å². The summed E-state index contributed by atoms with van der Waals surface area (Å²) in [6.45, 7) is 0.932. The molecule has 0 aliphatic carbocycles. The maximum absolute atomic E-state index is 13.2. The minimum absolute atomic E-state index is 0.0693. The fourth-order valence-electron chi connectivity index (χ4n) is 3.49. The lowest BCUT2D eigenvalue weighted by Gasteiger charge is -2.23. The highest BCUT2D eigenvalue weighted by Gasteiger charge is 2.53. The van der Waals surface area contributed by atoms with E-state index in [1.54, 1.807) is 4.90 Å². The SMILES string of the molecule is O=C1SCC2C1N(Cc1ccccc1Br)C(=O)N2Cc1ccccc1Br. The van der Waals surface area contributed by atoms with Gasteiger partial charge >= 0.3 is 6.03 Å². The van der Waals surface area contributed by atoms with Gasteiger partial charge in [0, 0.05) is 27.8 Å². The molecule has 2 amide bonds. The third-order valence-electron chi connectivity index (χ3n) is 4.83. The lowest BCUT2D eigenvalue weighted by atomic mass is 10.1. The molecule has 2 unspecified atom stereocenters. The maximum atomic E-state index is 13.2. The summed E-state index contributed by atoms with van der Waals surface area (Å²) in [6, 6.07) is 15.2. The van der Waals surface area contributed by atoms with Crippen molar-refractivity contribution in [1.82, 2.24) is 9.80 Å². The maximum Gasteiger partial charge on any atom is 0.321 e. The van der Waals surface area contributed by atoms with Gasteiger partial charge in [0.2, 0.25) is 5.12 Å². The Morgan fingerprint density at radius 1 is 0.885 bits per heavy atom. The number of hydrogen-bond acceptors (Lipinski definition) is 3. The molecule has 0 spiro atoms. The monoisotopic (exact) mass is 494 g/mol. The van der Waals surface area contributed by atoms with E-state index in [4.69, 9.17) is 0 Å². The standard InChI is InChI=1S/C19H16Br2N2O2S/c20-14-7-3-1-5-12(14)9-22-16-11-26-18(24)17(16)23(19(22)25)10-13-6-2-4-8-15(13)21/h1-8,16-17H,9-11H2. The molecular formula is C19H16Br2N2O2S. The Morgan fingerprint density at radius 2 is 1.42 bits per heavy atom. The minimum Gasteiger partial charge on any atom is -0.314 e. The van der Waals surface area contributed by atoms with E-state index >= 15 is 0 Å². The van der Waals surface area contributed by atoms with Crippen molar-refractivity contribution in [1.29, 1.82) is 0 Å². The molecule has 0 radical (unpaired) electrons. The van der Waals surface area contributed by atoms with Crippen LogP contribution in [0.3, 0.4) is 0 Å². The first-order chi connectivity index (χ1) is 12.6. The molecular weight excluding hydrogens is 480 g/mol. The van der Waals surface area contributed by atoms with E-state index in [9.17, 15) is 9.59 Å². The summed E-state index contributed by atoms with van der Waals surface area (Å²) in [7, 11) is 0. The van der Waals surface area contributed by atoms with E-state index in [0.717, 1.165) is 20.1 Å². The van der Waals surface area contributed by atoms with Crippen molar-refractivity contribution in [3.63, 3.8) is 0 Å². The van der Waals surface area contributed by atoms with Crippen molar-refractivity contribution in [2.45, 2.75) is 25.2 Å². The number of benzene rings is 2. The van der Waals surface area contributed by atoms with Crippen LogP contribution in [0.5, 0.6) is 0 Å². The van der Waals surface area contributed by atoms with Crippen LogP contribution in [0, 0.1) is 0 Å². The van der Waals surface area contributed by atoms with Gasteiger partial charge < -0.3 is 9.80 Å². The molecule has 0 saturated carbocycles. The average Bonchev–Trinajstić information content (AvgIpc) is 3.12. The highest BCUT2D eigenvalue weighted by atomic mass is 79.9. The van der Waals surface area contributed by atoms with Crippen molar-refractivity contribution in [3.8, 4) is 0 Å². The predicted molar refractivity (Wildman–Crippen MR) is 110 cm³/mol. The quantitative estimate of drug-likeness (QED) is 0.579. The zero-order chi connectivity index (χ0) is 18.3. The van der Waals surface area contributed by atoms with E-state index in [0.29, 0.717) is 18.8 Å². The first-order valence-electron chi connectivity index (χ1n) is 8.27. The molecule has 2 atom stereocenters. The van der Waals surface area contributed by atoms with Crippen LogP contribution in [0.15, 0.2) is 57.5 Å². The van der Waals surface area contributed by atoms with Crippen molar-refractivity contribution >= 4 is 54.8 Å².